The molecule has 1 aliphatic rings. The lowest BCUT2D eigenvalue weighted by molar-refractivity contribution is 0.0957. The van der Waals surface area contributed by atoms with Gasteiger partial charge in [0.2, 0.25) is 5.95 Å². The van der Waals surface area contributed by atoms with E-state index in [-0.39, 0.29) is 28.0 Å². The SMILES string of the molecule is [B]C([B])(c1ccc2cc(C)c(=O)[nH]c2c1F)N1CCN(c2ccc(C(=O)NC)nc2F)CC1. The first-order valence-corrected chi connectivity index (χ1v) is 10.4. The smallest absolute Gasteiger partial charge is 0.269 e. The van der Waals surface area contributed by atoms with Gasteiger partial charge in [0.1, 0.15) is 5.69 Å². The number of hydrogen-bond donors (Lipinski definition) is 2. The number of piperazine rings is 1. The van der Waals surface area contributed by atoms with Gasteiger partial charge in [0.15, 0.2) is 5.82 Å². The van der Waals surface area contributed by atoms with Gasteiger partial charge in [-0.15, -0.1) is 0 Å². The summed E-state index contributed by atoms with van der Waals surface area (Å²) in [6.07, 6.45) is 0. The number of H-pyrrole nitrogens is 1. The second-order valence-corrected chi connectivity index (χ2v) is 8.06. The Labute approximate surface area is 192 Å². The second kappa shape index (κ2) is 8.62. The second-order valence-electron chi connectivity index (χ2n) is 8.06. The van der Waals surface area contributed by atoms with Crippen molar-refractivity contribution >= 4 is 38.2 Å². The molecule has 2 N–H and O–H groups in total. The Balaban J connectivity index is 1.55. The van der Waals surface area contributed by atoms with Crippen molar-refractivity contribution in [2.24, 2.45) is 0 Å². The zero-order chi connectivity index (χ0) is 23.9. The number of hydrogen-bond acceptors (Lipinski definition) is 5. The average Bonchev–Trinajstić information content (AvgIpc) is 2.80. The van der Waals surface area contributed by atoms with Crippen LogP contribution in [-0.2, 0) is 5.34 Å². The molecule has 1 amide bonds. The highest BCUT2D eigenvalue weighted by molar-refractivity contribution is 6.39. The third-order valence-electron chi connectivity index (χ3n) is 6.01. The van der Waals surface area contributed by atoms with Crippen molar-refractivity contribution in [3.05, 3.63) is 69.3 Å². The van der Waals surface area contributed by atoms with Gasteiger partial charge in [0.05, 0.1) is 26.9 Å². The maximum atomic E-state index is 15.3. The Bertz CT molecular complexity index is 1290. The largest absolute Gasteiger partial charge is 0.365 e. The van der Waals surface area contributed by atoms with Crippen LogP contribution in [0.5, 0.6) is 0 Å². The molecule has 0 atom stereocenters. The first-order valence-electron chi connectivity index (χ1n) is 10.4. The number of benzene rings is 1. The van der Waals surface area contributed by atoms with E-state index in [0.29, 0.717) is 37.1 Å². The van der Waals surface area contributed by atoms with Gasteiger partial charge < -0.3 is 20.1 Å². The van der Waals surface area contributed by atoms with E-state index in [1.165, 1.54) is 25.2 Å². The zero-order valence-corrected chi connectivity index (χ0v) is 18.3. The lowest BCUT2D eigenvalue weighted by atomic mass is 9.56. The Kier molecular flexibility index (Phi) is 6.00. The number of halogens is 2. The average molecular weight is 447 g/mol. The number of anilines is 1. The van der Waals surface area contributed by atoms with Crippen LogP contribution in [0.15, 0.2) is 35.1 Å². The van der Waals surface area contributed by atoms with Crippen LogP contribution in [0.4, 0.5) is 14.5 Å². The molecule has 1 aromatic carbocycles. The molecule has 166 valence electrons. The number of fused-ring (bicyclic) bond motifs is 1. The van der Waals surface area contributed by atoms with E-state index in [1.807, 2.05) is 0 Å². The highest BCUT2D eigenvalue weighted by Gasteiger charge is 2.34. The molecule has 3 heterocycles. The highest BCUT2D eigenvalue weighted by Crippen LogP contribution is 2.30. The predicted molar refractivity (Wildman–Crippen MR) is 124 cm³/mol. The van der Waals surface area contributed by atoms with Gasteiger partial charge in [-0.05, 0) is 36.0 Å². The third-order valence-corrected chi connectivity index (χ3v) is 6.01. The zero-order valence-electron chi connectivity index (χ0n) is 18.3. The summed E-state index contributed by atoms with van der Waals surface area (Å²) in [6, 6.07) is 7.74. The summed E-state index contributed by atoms with van der Waals surface area (Å²) in [5.41, 5.74) is 0.427. The predicted octanol–water partition coefficient (Wildman–Crippen LogP) is 1.14. The van der Waals surface area contributed by atoms with Crippen LogP contribution >= 0.6 is 0 Å². The number of pyridine rings is 2. The van der Waals surface area contributed by atoms with E-state index in [4.69, 9.17) is 15.7 Å². The first kappa shape index (κ1) is 23.0. The molecule has 11 heteroatoms. The fraction of sp³-hybridized carbons (Fsp3) is 0.318. The van der Waals surface area contributed by atoms with Gasteiger partial charge in [0.25, 0.3) is 11.5 Å². The Morgan fingerprint density at radius 2 is 1.85 bits per heavy atom. The number of carbonyl (C=O) groups excluding carboxylic acids is 1. The summed E-state index contributed by atoms with van der Waals surface area (Å²) in [5.74, 6) is -1.91. The molecule has 2 aromatic heterocycles. The number of aryl methyl sites for hydroxylation is 1. The maximum absolute atomic E-state index is 15.3. The van der Waals surface area contributed by atoms with E-state index < -0.39 is 23.0 Å². The number of aromatic amines is 1. The van der Waals surface area contributed by atoms with Crippen molar-refractivity contribution in [1.29, 1.82) is 0 Å². The number of carbonyl (C=O) groups is 1. The van der Waals surface area contributed by atoms with Crippen LogP contribution in [0.25, 0.3) is 10.9 Å². The Hall–Kier alpha value is -3.20. The molecule has 1 fully saturated rings. The minimum Gasteiger partial charge on any atom is -0.365 e. The highest BCUT2D eigenvalue weighted by atomic mass is 19.1. The molecular weight excluding hydrogens is 426 g/mol. The van der Waals surface area contributed by atoms with Crippen LogP contribution in [0.1, 0.15) is 21.6 Å². The Morgan fingerprint density at radius 3 is 2.48 bits per heavy atom. The first-order chi connectivity index (χ1) is 15.6. The van der Waals surface area contributed by atoms with Crippen molar-refractivity contribution < 1.29 is 13.6 Å². The fourth-order valence-electron chi connectivity index (χ4n) is 4.06. The van der Waals surface area contributed by atoms with Gasteiger partial charge in [-0.1, -0.05) is 12.1 Å². The minimum absolute atomic E-state index is 0.0136. The number of rotatable bonds is 4. The number of amides is 1. The summed E-state index contributed by atoms with van der Waals surface area (Å²) < 4.78 is 29.8. The Morgan fingerprint density at radius 1 is 1.15 bits per heavy atom. The van der Waals surface area contributed by atoms with Gasteiger partial charge >= 0.3 is 0 Å². The van der Waals surface area contributed by atoms with Crippen LogP contribution in [0.3, 0.4) is 0 Å². The van der Waals surface area contributed by atoms with Gasteiger partial charge in [-0.25, -0.2) is 9.37 Å². The van der Waals surface area contributed by atoms with Crippen LogP contribution < -0.4 is 15.8 Å². The van der Waals surface area contributed by atoms with Gasteiger partial charge in [-0.2, -0.15) is 4.39 Å². The van der Waals surface area contributed by atoms with Crippen LogP contribution in [0.2, 0.25) is 0 Å². The summed E-state index contributed by atoms with van der Waals surface area (Å²) >= 11 is 0. The molecule has 3 aromatic rings. The van der Waals surface area contributed by atoms with E-state index in [1.54, 1.807) is 28.9 Å². The summed E-state index contributed by atoms with van der Waals surface area (Å²) in [6.45, 7) is 3.01. The van der Waals surface area contributed by atoms with Crippen molar-refractivity contribution in [1.82, 2.24) is 20.2 Å². The van der Waals surface area contributed by atoms with Crippen molar-refractivity contribution in [2.75, 3.05) is 38.1 Å². The minimum atomic E-state index is -1.65. The van der Waals surface area contributed by atoms with Crippen molar-refractivity contribution in [3.63, 3.8) is 0 Å². The lowest BCUT2D eigenvalue weighted by Gasteiger charge is -2.46. The molecule has 1 saturated heterocycles. The molecule has 4 radical (unpaired) electrons. The summed E-state index contributed by atoms with van der Waals surface area (Å²) in [4.78, 5) is 33.3. The number of nitrogens with zero attached hydrogens (tertiary/aromatic N) is 3. The van der Waals surface area contributed by atoms with Gasteiger partial charge in [-0.3, -0.25) is 9.59 Å². The topological polar surface area (TPSA) is 81.3 Å². The molecule has 0 saturated carbocycles. The third kappa shape index (κ3) is 4.13. The molecule has 4 rings (SSSR count). The number of aromatic nitrogens is 2. The lowest BCUT2D eigenvalue weighted by Crippen LogP contribution is -2.56. The van der Waals surface area contributed by atoms with Gasteiger partial charge in [0, 0.05) is 44.2 Å². The van der Waals surface area contributed by atoms with Crippen molar-refractivity contribution in [2.45, 2.75) is 12.3 Å². The van der Waals surface area contributed by atoms with Crippen molar-refractivity contribution in [3.8, 4) is 0 Å². The monoisotopic (exact) mass is 447 g/mol. The normalized spacial score (nSPS) is 15.1. The maximum Gasteiger partial charge on any atom is 0.269 e. The molecule has 0 unspecified atom stereocenters. The fourth-order valence-corrected chi connectivity index (χ4v) is 4.06. The molecular formula is C22H21B2F2N5O2. The van der Waals surface area contributed by atoms with E-state index in [2.05, 4.69) is 15.3 Å². The quantitative estimate of drug-likeness (QED) is 0.464. The van der Waals surface area contributed by atoms with E-state index in [0.717, 1.165) is 0 Å². The molecule has 33 heavy (non-hydrogen) atoms. The molecule has 0 aliphatic carbocycles. The number of nitrogens with one attached hydrogen (secondary N) is 2. The summed E-state index contributed by atoms with van der Waals surface area (Å²) in [5, 5.41) is 1.29. The molecule has 0 bridgehead atoms. The van der Waals surface area contributed by atoms with E-state index in [9.17, 15) is 14.0 Å². The summed E-state index contributed by atoms with van der Waals surface area (Å²) in [7, 11) is 14.2. The standard InChI is InChI=1S/C22H21B2F2N5O2/c1-12-11-13-3-4-14(17(25)18(13)29-20(12)32)22(23,24)31-9-7-30(8-10-31)16-6-5-15(21(33)27-2)28-19(16)26/h3-6,11H,7-10H2,1-2H3,(H,27,33)(H,29,32). The van der Waals surface area contributed by atoms with Crippen LogP contribution in [0, 0.1) is 18.7 Å². The van der Waals surface area contributed by atoms with Crippen LogP contribution in [-0.4, -0.2) is 69.7 Å². The molecule has 1 aliphatic heterocycles. The molecule has 0 spiro atoms. The molecule has 7 nitrogen and oxygen atoms in total. The van der Waals surface area contributed by atoms with E-state index >= 15 is 4.39 Å².